The predicted octanol–water partition coefficient (Wildman–Crippen LogP) is 2.78. The molecule has 0 atom stereocenters. The van der Waals surface area contributed by atoms with Crippen molar-refractivity contribution >= 4 is 42.6 Å². The number of anilines is 1. The number of hydrogen-bond donors (Lipinski definition) is 1. The minimum atomic E-state index is -3.67. The average molecular weight is 363 g/mol. The van der Waals surface area contributed by atoms with Gasteiger partial charge in [-0.2, -0.15) is 4.31 Å². The summed E-state index contributed by atoms with van der Waals surface area (Å²) in [5, 5.41) is 2.95. The standard InChI is InChI=1S/C16H17N3O3S2/c1-4-9-19(10-5-2)24(21,22)12-7-8-13-14(11-12)23-16(17-13)18-15(20)6-3/h4-8,11H,1-3,9-10H2,(H,17,18,20). The molecule has 8 heteroatoms. The van der Waals surface area contributed by atoms with Crippen molar-refractivity contribution < 1.29 is 13.2 Å². The van der Waals surface area contributed by atoms with E-state index >= 15 is 0 Å². The lowest BCUT2D eigenvalue weighted by atomic mass is 10.3. The third kappa shape index (κ3) is 3.78. The molecule has 126 valence electrons. The molecule has 0 unspecified atom stereocenters. The molecule has 0 fully saturated rings. The van der Waals surface area contributed by atoms with Gasteiger partial charge in [0.2, 0.25) is 15.9 Å². The molecule has 0 saturated carbocycles. The number of carbonyl (C=O) groups excluding carboxylic acids is 1. The highest BCUT2D eigenvalue weighted by Crippen LogP contribution is 2.29. The maximum Gasteiger partial charge on any atom is 0.249 e. The Labute approximate surface area is 144 Å². The number of nitrogens with one attached hydrogen (secondary N) is 1. The second-order valence-electron chi connectivity index (χ2n) is 4.74. The molecule has 1 heterocycles. The van der Waals surface area contributed by atoms with E-state index in [-0.39, 0.29) is 23.9 Å². The van der Waals surface area contributed by atoms with E-state index in [0.29, 0.717) is 15.3 Å². The summed E-state index contributed by atoms with van der Waals surface area (Å²) in [5.41, 5.74) is 0.609. The third-order valence-corrected chi connectivity index (χ3v) is 5.84. The Bertz CT molecular complexity index is 890. The summed E-state index contributed by atoms with van der Waals surface area (Å²) in [6.07, 6.45) is 4.19. The van der Waals surface area contributed by atoms with Gasteiger partial charge in [0.05, 0.1) is 15.1 Å². The molecule has 24 heavy (non-hydrogen) atoms. The van der Waals surface area contributed by atoms with Gasteiger partial charge in [0.15, 0.2) is 5.13 Å². The molecule has 1 aromatic heterocycles. The van der Waals surface area contributed by atoms with Crippen molar-refractivity contribution in [1.82, 2.24) is 9.29 Å². The van der Waals surface area contributed by atoms with E-state index < -0.39 is 10.0 Å². The Balaban J connectivity index is 2.41. The Hall–Kier alpha value is -2.29. The van der Waals surface area contributed by atoms with Crippen LogP contribution in [0.15, 0.2) is 61.1 Å². The molecule has 1 aromatic carbocycles. The number of hydrogen-bond acceptors (Lipinski definition) is 5. The van der Waals surface area contributed by atoms with Crippen LogP contribution in [0.3, 0.4) is 0 Å². The van der Waals surface area contributed by atoms with Gasteiger partial charge in [-0.3, -0.25) is 10.1 Å². The zero-order valence-corrected chi connectivity index (χ0v) is 14.6. The van der Waals surface area contributed by atoms with Crippen molar-refractivity contribution in [2.45, 2.75) is 4.90 Å². The van der Waals surface area contributed by atoms with Crippen molar-refractivity contribution in [2.75, 3.05) is 18.4 Å². The molecule has 0 spiro atoms. The van der Waals surface area contributed by atoms with Gasteiger partial charge in [0.1, 0.15) is 0 Å². The average Bonchev–Trinajstić information content (AvgIpc) is 2.95. The highest BCUT2D eigenvalue weighted by molar-refractivity contribution is 7.89. The van der Waals surface area contributed by atoms with E-state index in [0.717, 1.165) is 6.08 Å². The highest BCUT2D eigenvalue weighted by atomic mass is 32.2. The van der Waals surface area contributed by atoms with Crippen LogP contribution in [0.25, 0.3) is 10.2 Å². The predicted molar refractivity (Wildman–Crippen MR) is 97.6 cm³/mol. The Morgan fingerprint density at radius 2 is 1.92 bits per heavy atom. The number of rotatable bonds is 8. The molecule has 1 amide bonds. The summed E-state index contributed by atoms with van der Waals surface area (Å²) in [6, 6.07) is 4.66. The van der Waals surface area contributed by atoms with Crippen LogP contribution in [0.5, 0.6) is 0 Å². The molecule has 2 rings (SSSR count). The first kappa shape index (κ1) is 18.1. The second kappa shape index (κ2) is 7.52. The number of carbonyl (C=O) groups is 1. The molecule has 0 aliphatic carbocycles. The second-order valence-corrected chi connectivity index (χ2v) is 7.71. The summed E-state index contributed by atoms with van der Waals surface area (Å²) in [4.78, 5) is 15.7. The van der Waals surface area contributed by atoms with Crippen LogP contribution in [-0.4, -0.2) is 36.7 Å². The fourth-order valence-electron chi connectivity index (χ4n) is 1.98. The molecular formula is C16H17N3O3S2. The summed E-state index contributed by atoms with van der Waals surface area (Å²) in [5.74, 6) is -0.370. The molecule has 1 N–H and O–H groups in total. The van der Waals surface area contributed by atoms with Crippen molar-refractivity contribution in [3.05, 3.63) is 56.2 Å². The maximum absolute atomic E-state index is 12.7. The van der Waals surface area contributed by atoms with Crippen LogP contribution in [0.2, 0.25) is 0 Å². The van der Waals surface area contributed by atoms with E-state index in [1.807, 2.05) is 0 Å². The van der Waals surface area contributed by atoms with Gasteiger partial charge in [-0.05, 0) is 24.3 Å². The molecule has 0 radical (unpaired) electrons. The van der Waals surface area contributed by atoms with Crippen LogP contribution in [0.4, 0.5) is 5.13 Å². The Kier molecular flexibility index (Phi) is 5.66. The third-order valence-electron chi connectivity index (χ3n) is 3.08. The monoisotopic (exact) mass is 363 g/mol. The van der Waals surface area contributed by atoms with E-state index in [1.54, 1.807) is 12.1 Å². The highest BCUT2D eigenvalue weighted by Gasteiger charge is 2.23. The van der Waals surface area contributed by atoms with Crippen LogP contribution in [0.1, 0.15) is 0 Å². The number of sulfonamides is 1. The number of amides is 1. The number of benzene rings is 1. The first-order valence-corrected chi connectivity index (χ1v) is 9.24. The lowest BCUT2D eigenvalue weighted by Gasteiger charge is -2.18. The van der Waals surface area contributed by atoms with E-state index in [2.05, 4.69) is 30.0 Å². The lowest BCUT2D eigenvalue weighted by molar-refractivity contribution is -0.111. The molecular weight excluding hydrogens is 346 g/mol. The summed E-state index contributed by atoms with van der Waals surface area (Å²) < 4.78 is 27.4. The minimum Gasteiger partial charge on any atom is -0.298 e. The largest absolute Gasteiger partial charge is 0.298 e. The van der Waals surface area contributed by atoms with Crippen molar-refractivity contribution in [2.24, 2.45) is 0 Å². The fraction of sp³-hybridized carbons (Fsp3) is 0.125. The molecule has 0 saturated heterocycles. The van der Waals surface area contributed by atoms with Gasteiger partial charge >= 0.3 is 0 Å². The Morgan fingerprint density at radius 1 is 1.25 bits per heavy atom. The van der Waals surface area contributed by atoms with E-state index in [1.165, 1.54) is 33.9 Å². The number of fused-ring (bicyclic) bond motifs is 1. The van der Waals surface area contributed by atoms with Crippen molar-refractivity contribution in [3.63, 3.8) is 0 Å². The molecule has 6 nitrogen and oxygen atoms in total. The molecule has 0 aliphatic heterocycles. The fourth-order valence-corrected chi connectivity index (χ4v) is 4.37. The van der Waals surface area contributed by atoms with Gasteiger partial charge in [0, 0.05) is 13.1 Å². The maximum atomic E-state index is 12.7. The van der Waals surface area contributed by atoms with Crippen LogP contribution >= 0.6 is 11.3 Å². The summed E-state index contributed by atoms with van der Waals surface area (Å²) in [7, 11) is -3.67. The smallest absolute Gasteiger partial charge is 0.249 e. The van der Waals surface area contributed by atoms with Gasteiger partial charge in [-0.15, -0.1) is 13.2 Å². The molecule has 0 aliphatic rings. The summed E-state index contributed by atoms with van der Waals surface area (Å²) in [6.45, 7) is 10.9. The molecule has 0 bridgehead atoms. The van der Waals surface area contributed by atoms with Crippen molar-refractivity contribution in [1.29, 1.82) is 0 Å². The van der Waals surface area contributed by atoms with Gasteiger partial charge in [-0.1, -0.05) is 30.1 Å². The summed E-state index contributed by atoms with van der Waals surface area (Å²) >= 11 is 1.20. The van der Waals surface area contributed by atoms with Crippen LogP contribution in [0, 0.1) is 0 Å². The van der Waals surface area contributed by atoms with Gasteiger partial charge < -0.3 is 0 Å². The van der Waals surface area contributed by atoms with Gasteiger partial charge in [0.25, 0.3) is 0 Å². The zero-order chi connectivity index (χ0) is 17.7. The number of thiazole rings is 1. The number of nitrogens with zero attached hydrogens (tertiary/aromatic N) is 2. The van der Waals surface area contributed by atoms with E-state index in [4.69, 9.17) is 0 Å². The first-order valence-electron chi connectivity index (χ1n) is 6.98. The minimum absolute atomic E-state index is 0.156. The van der Waals surface area contributed by atoms with Crippen LogP contribution < -0.4 is 5.32 Å². The first-order chi connectivity index (χ1) is 11.4. The SMILES string of the molecule is C=CCN(CC=C)S(=O)(=O)c1ccc2nc(NC(=O)C=C)sc2c1. The zero-order valence-electron chi connectivity index (χ0n) is 12.9. The van der Waals surface area contributed by atoms with Crippen molar-refractivity contribution in [3.8, 4) is 0 Å². The topological polar surface area (TPSA) is 79.4 Å². The molecule has 2 aromatic rings. The quantitative estimate of drug-likeness (QED) is 0.578. The number of aromatic nitrogens is 1. The lowest BCUT2D eigenvalue weighted by Crippen LogP contribution is -2.31. The van der Waals surface area contributed by atoms with Crippen LogP contribution in [-0.2, 0) is 14.8 Å². The van der Waals surface area contributed by atoms with Gasteiger partial charge in [-0.25, -0.2) is 13.4 Å². The Morgan fingerprint density at radius 3 is 2.50 bits per heavy atom. The normalized spacial score (nSPS) is 11.4. The van der Waals surface area contributed by atoms with E-state index in [9.17, 15) is 13.2 Å².